The minimum Gasteiger partial charge on any atom is -0.504 e. The van der Waals surface area contributed by atoms with Crippen molar-refractivity contribution < 1.29 is 14.9 Å². The summed E-state index contributed by atoms with van der Waals surface area (Å²) in [4.78, 5) is 18.7. The second kappa shape index (κ2) is 5.57. The number of nitrogens with one attached hydrogen (secondary N) is 1. The Balaban J connectivity index is 2.56. The molecule has 0 saturated heterocycles. The highest BCUT2D eigenvalue weighted by atomic mass is 127. The van der Waals surface area contributed by atoms with Crippen molar-refractivity contribution in [3.05, 3.63) is 37.8 Å². The molecule has 0 saturated carbocycles. The van der Waals surface area contributed by atoms with Gasteiger partial charge in [0.15, 0.2) is 11.5 Å². The normalized spacial score (nSPS) is 10.6. The minimum atomic E-state index is -0.273. The van der Waals surface area contributed by atoms with Gasteiger partial charge >= 0.3 is 0 Å². The number of H-pyrrole nitrogens is 1. The van der Waals surface area contributed by atoms with Gasteiger partial charge in [0.2, 0.25) is 0 Å². The topological polar surface area (TPSA) is 95.4 Å². The Kier molecular flexibility index (Phi) is 4.05. The number of hydrogen-bond acceptors (Lipinski definition) is 5. The molecule has 0 fully saturated rings. The molecule has 0 aliphatic rings. The van der Waals surface area contributed by atoms with Gasteiger partial charge in [0.1, 0.15) is 9.39 Å². The number of phenolic OH excluding ortho intramolecular Hbond substituents is 2. The molecule has 1 aromatic heterocycles. The Morgan fingerprint density at radius 2 is 2.11 bits per heavy atom. The molecule has 1 aromatic carbocycles. The van der Waals surface area contributed by atoms with Gasteiger partial charge in [-0.1, -0.05) is 0 Å². The molecule has 0 bridgehead atoms. The summed E-state index contributed by atoms with van der Waals surface area (Å²) in [5, 5.41) is 18.7. The summed E-state index contributed by atoms with van der Waals surface area (Å²) >= 11 is 1.90. The SMILES string of the molecule is COCc1nc(-c2ccc(O)c(O)c2)[nH]c(=O)c1I. The summed E-state index contributed by atoms with van der Waals surface area (Å²) in [7, 11) is 1.52. The number of nitrogens with zero attached hydrogens (tertiary/aromatic N) is 1. The molecule has 6 nitrogen and oxygen atoms in total. The number of halogens is 1. The molecule has 0 aliphatic carbocycles. The number of phenols is 2. The van der Waals surface area contributed by atoms with Gasteiger partial charge in [-0.15, -0.1) is 0 Å². The molecule has 0 spiro atoms. The van der Waals surface area contributed by atoms with E-state index in [2.05, 4.69) is 9.97 Å². The zero-order chi connectivity index (χ0) is 14.0. The summed E-state index contributed by atoms with van der Waals surface area (Å²) in [5.41, 5.74) is 0.751. The Morgan fingerprint density at radius 1 is 1.37 bits per heavy atom. The van der Waals surface area contributed by atoms with Gasteiger partial charge < -0.3 is 19.9 Å². The van der Waals surface area contributed by atoms with E-state index >= 15 is 0 Å². The first-order chi connectivity index (χ1) is 9.02. The second-order valence-corrected chi connectivity index (χ2v) is 4.89. The van der Waals surface area contributed by atoms with Crippen molar-refractivity contribution >= 4 is 22.6 Å². The van der Waals surface area contributed by atoms with Crippen LogP contribution in [0.15, 0.2) is 23.0 Å². The highest BCUT2D eigenvalue weighted by molar-refractivity contribution is 14.1. The quantitative estimate of drug-likeness (QED) is 0.561. The van der Waals surface area contributed by atoms with Crippen molar-refractivity contribution in [1.29, 1.82) is 0 Å². The summed E-state index contributed by atoms with van der Waals surface area (Å²) in [6, 6.07) is 4.21. The average Bonchev–Trinajstić information content (AvgIpc) is 2.38. The maximum Gasteiger partial charge on any atom is 0.264 e. The molecule has 7 heteroatoms. The van der Waals surface area contributed by atoms with E-state index in [0.717, 1.165) is 0 Å². The molecule has 2 aromatic rings. The highest BCUT2D eigenvalue weighted by Crippen LogP contribution is 2.28. The van der Waals surface area contributed by atoms with Gasteiger partial charge in [-0.2, -0.15) is 0 Å². The first kappa shape index (κ1) is 13.8. The minimum absolute atomic E-state index is 0.221. The summed E-state index contributed by atoms with van der Waals surface area (Å²) in [5.74, 6) is -0.187. The van der Waals surface area contributed by atoms with Crippen molar-refractivity contribution in [2.45, 2.75) is 6.61 Å². The zero-order valence-electron chi connectivity index (χ0n) is 9.98. The van der Waals surface area contributed by atoms with Crippen molar-refractivity contribution in [2.24, 2.45) is 0 Å². The van der Waals surface area contributed by atoms with E-state index in [9.17, 15) is 15.0 Å². The lowest BCUT2D eigenvalue weighted by Crippen LogP contribution is -2.16. The fourth-order valence-electron chi connectivity index (χ4n) is 1.55. The van der Waals surface area contributed by atoms with Gasteiger partial charge in [0.05, 0.1) is 12.3 Å². The largest absolute Gasteiger partial charge is 0.504 e. The van der Waals surface area contributed by atoms with Crippen LogP contribution in [0.4, 0.5) is 0 Å². The third kappa shape index (κ3) is 2.87. The van der Waals surface area contributed by atoms with Gasteiger partial charge in [0, 0.05) is 12.7 Å². The van der Waals surface area contributed by atoms with Crippen LogP contribution in [-0.2, 0) is 11.3 Å². The van der Waals surface area contributed by atoms with Crippen LogP contribution >= 0.6 is 22.6 Å². The van der Waals surface area contributed by atoms with E-state index in [1.165, 1.54) is 19.2 Å². The number of rotatable bonds is 3. The second-order valence-electron chi connectivity index (χ2n) is 3.81. The monoisotopic (exact) mass is 374 g/mol. The predicted molar refractivity (Wildman–Crippen MR) is 77.1 cm³/mol. The molecule has 2 rings (SSSR count). The molecule has 0 unspecified atom stereocenters. The predicted octanol–water partition coefficient (Wildman–Crippen LogP) is 1.60. The lowest BCUT2D eigenvalue weighted by atomic mass is 10.2. The first-order valence-electron chi connectivity index (χ1n) is 5.33. The van der Waals surface area contributed by atoms with Crippen LogP contribution in [-0.4, -0.2) is 27.3 Å². The summed E-state index contributed by atoms with van der Waals surface area (Å²) < 4.78 is 5.45. The molecular formula is C12H11IN2O4. The number of aromatic nitrogens is 2. The van der Waals surface area contributed by atoms with Crippen LogP contribution in [0.2, 0.25) is 0 Å². The number of hydrogen-bond donors (Lipinski definition) is 3. The maximum atomic E-state index is 11.8. The van der Waals surface area contributed by atoms with Crippen LogP contribution in [0, 0.1) is 3.57 Å². The molecule has 0 radical (unpaired) electrons. The summed E-state index contributed by atoms with van der Waals surface area (Å²) in [6.07, 6.45) is 0. The van der Waals surface area contributed by atoms with Crippen LogP contribution < -0.4 is 5.56 Å². The molecule has 0 amide bonds. The fraction of sp³-hybridized carbons (Fsp3) is 0.167. The van der Waals surface area contributed by atoms with Gasteiger partial charge in [0.25, 0.3) is 5.56 Å². The van der Waals surface area contributed by atoms with Crippen LogP contribution in [0.1, 0.15) is 5.69 Å². The lowest BCUT2D eigenvalue weighted by molar-refractivity contribution is 0.180. The number of ether oxygens (including phenoxy) is 1. The van der Waals surface area contributed by atoms with Gasteiger partial charge in [-0.25, -0.2) is 4.98 Å². The Morgan fingerprint density at radius 3 is 2.74 bits per heavy atom. The van der Waals surface area contributed by atoms with Crippen molar-refractivity contribution in [3.8, 4) is 22.9 Å². The Labute approximate surface area is 122 Å². The highest BCUT2D eigenvalue weighted by Gasteiger charge is 2.11. The lowest BCUT2D eigenvalue weighted by Gasteiger charge is -2.07. The van der Waals surface area contributed by atoms with E-state index in [4.69, 9.17) is 4.74 Å². The van der Waals surface area contributed by atoms with Crippen LogP contribution in [0.5, 0.6) is 11.5 Å². The zero-order valence-corrected chi connectivity index (χ0v) is 12.1. The van der Waals surface area contributed by atoms with Crippen LogP contribution in [0.25, 0.3) is 11.4 Å². The Hall–Kier alpha value is -1.61. The van der Waals surface area contributed by atoms with E-state index in [1.807, 2.05) is 22.6 Å². The van der Waals surface area contributed by atoms with Gasteiger partial charge in [-0.05, 0) is 40.8 Å². The molecule has 19 heavy (non-hydrogen) atoms. The standard InChI is InChI=1S/C12H11IN2O4/c1-19-5-7-10(13)12(18)15-11(14-7)6-2-3-8(16)9(17)4-6/h2-4,16-17H,5H2,1H3,(H,14,15,18). The van der Waals surface area contributed by atoms with Crippen molar-refractivity contribution in [3.63, 3.8) is 0 Å². The number of benzene rings is 1. The summed E-state index contributed by atoms with van der Waals surface area (Å²) in [6.45, 7) is 0.221. The first-order valence-corrected chi connectivity index (χ1v) is 6.40. The van der Waals surface area contributed by atoms with Crippen LogP contribution in [0.3, 0.4) is 0 Å². The molecule has 1 heterocycles. The molecule has 0 aliphatic heterocycles. The fourth-order valence-corrected chi connectivity index (χ4v) is 1.96. The maximum absolute atomic E-state index is 11.8. The average molecular weight is 374 g/mol. The third-order valence-electron chi connectivity index (χ3n) is 2.46. The Bertz CT molecular complexity index is 669. The number of aromatic hydroxyl groups is 2. The van der Waals surface area contributed by atoms with Gasteiger partial charge in [-0.3, -0.25) is 4.79 Å². The van der Waals surface area contributed by atoms with E-state index in [0.29, 0.717) is 20.7 Å². The van der Waals surface area contributed by atoms with E-state index in [-0.39, 0.29) is 23.7 Å². The number of methoxy groups -OCH3 is 1. The molecule has 0 atom stereocenters. The number of aromatic amines is 1. The van der Waals surface area contributed by atoms with Crippen molar-refractivity contribution in [1.82, 2.24) is 9.97 Å². The molecule has 3 N–H and O–H groups in total. The molecule has 100 valence electrons. The van der Waals surface area contributed by atoms with E-state index in [1.54, 1.807) is 6.07 Å². The van der Waals surface area contributed by atoms with E-state index < -0.39 is 0 Å². The van der Waals surface area contributed by atoms with Crippen molar-refractivity contribution in [2.75, 3.05) is 7.11 Å². The molecular weight excluding hydrogens is 363 g/mol. The third-order valence-corrected chi connectivity index (χ3v) is 3.57. The smallest absolute Gasteiger partial charge is 0.264 e.